The van der Waals surface area contributed by atoms with E-state index in [4.69, 9.17) is 11.6 Å². The largest absolute Gasteiger partial charge is 0.505 e. The molecule has 26 heavy (non-hydrogen) atoms. The first kappa shape index (κ1) is 18.2. The summed E-state index contributed by atoms with van der Waals surface area (Å²) >= 11 is 6.41. The van der Waals surface area contributed by atoms with Crippen LogP contribution in [0.1, 0.15) is 49.4 Å². The van der Waals surface area contributed by atoms with E-state index in [1.807, 2.05) is 24.3 Å². The van der Waals surface area contributed by atoms with Crippen molar-refractivity contribution in [3.8, 4) is 5.75 Å². The van der Waals surface area contributed by atoms with E-state index < -0.39 is 6.04 Å². The molecule has 0 unspecified atom stereocenters. The number of rotatable bonds is 4. The number of phenols is 1. The molecule has 2 aromatic carbocycles. The molecule has 0 radical (unpaired) electrons. The summed E-state index contributed by atoms with van der Waals surface area (Å²) in [6, 6.07) is 12.7. The van der Waals surface area contributed by atoms with Gasteiger partial charge >= 0.3 is 0 Å². The molecule has 2 N–H and O–H groups in total. The second-order valence-corrected chi connectivity index (χ2v) is 7.06. The Morgan fingerprint density at radius 3 is 2.42 bits per heavy atom. The molecule has 1 atom stereocenters. The van der Waals surface area contributed by atoms with Crippen LogP contribution in [0.2, 0.25) is 5.02 Å². The second-order valence-electron chi connectivity index (χ2n) is 6.65. The monoisotopic (exact) mass is 368 g/mol. The zero-order valence-electron chi connectivity index (χ0n) is 15.0. The molecule has 0 bridgehead atoms. The summed E-state index contributed by atoms with van der Waals surface area (Å²) < 4.78 is 0. The number of hydrogen-bond donors (Lipinski definition) is 2. The number of carbonyl (C=O) groups excluding carboxylic acids is 1. The maximum absolute atomic E-state index is 11.8. The number of pyridine rings is 1. The van der Waals surface area contributed by atoms with Crippen LogP contribution in [0, 0.1) is 0 Å². The van der Waals surface area contributed by atoms with Crippen LogP contribution in [-0.4, -0.2) is 16.0 Å². The van der Waals surface area contributed by atoms with Gasteiger partial charge in [-0.05, 0) is 35.2 Å². The maximum atomic E-state index is 11.8. The number of carbonyl (C=O) groups is 1. The highest BCUT2D eigenvalue weighted by atomic mass is 35.5. The first-order valence-electron chi connectivity index (χ1n) is 8.51. The molecule has 0 fully saturated rings. The molecule has 0 aliphatic carbocycles. The molecule has 1 aromatic heterocycles. The first-order valence-corrected chi connectivity index (χ1v) is 8.89. The van der Waals surface area contributed by atoms with Crippen molar-refractivity contribution in [1.82, 2.24) is 10.3 Å². The highest BCUT2D eigenvalue weighted by molar-refractivity contribution is 6.35. The van der Waals surface area contributed by atoms with Crippen LogP contribution in [0.3, 0.4) is 0 Å². The molecule has 0 saturated carbocycles. The van der Waals surface area contributed by atoms with Crippen LogP contribution in [0.5, 0.6) is 5.75 Å². The van der Waals surface area contributed by atoms with Crippen LogP contribution in [0.15, 0.2) is 48.7 Å². The first-order chi connectivity index (χ1) is 12.4. The number of benzene rings is 2. The van der Waals surface area contributed by atoms with Gasteiger partial charge in [0.25, 0.3) is 0 Å². The minimum absolute atomic E-state index is 0.0247. The van der Waals surface area contributed by atoms with Gasteiger partial charge in [-0.3, -0.25) is 9.78 Å². The minimum Gasteiger partial charge on any atom is -0.505 e. The molecule has 4 nitrogen and oxygen atoms in total. The zero-order chi connectivity index (χ0) is 18.8. The Morgan fingerprint density at radius 1 is 1.15 bits per heavy atom. The fourth-order valence-corrected chi connectivity index (χ4v) is 3.31. The quantitative estimate of drug-likeness (QED) is 0.685. The normalized spacial score (nSPS) is 12.3. The van der Waals surface area contributed by atoms with Crippen molar-refractivity contribution in [1.29, 1.82) is 0 Å². The fourth-order valence-electron chi connectivity index (χ4n) is 3.04. The highest BCUT2D eigenvalue weighted by Crippen LogP contribution is 2.38. The van der Waals surface area contributed by atoms with Crippen LogP contribution in [-0.2, 0) is 4.79 Å². The molecule has 134 valence electrons. The van der Waals surface area contributed by atoms with E-state index in [2.05, 4.69) is 24.1 Å². The fraction of sp³-hybridized carbons (Fsp3) is 0.238. The molecule has 5 heteroatoms. The average Bonchev–Trinajstić information content (AvgIpc) is 2.63. The van der Waals surface area contributed by atoms with Crippen molar-refractivity contribution >= 4 is 28.4 Å². The van der Waals surface area contributed by atoms with E-state index in [0.29, 0.717) is 27.4 Å². The SMILES string of the molecule is CC(=O)N[C@@H](c1ccc(C(C)C)cc1)c1cc(Cl)c2cccnc2c1O. The minimum atomic E-state index is -0.516. The lowest BCUT2D eigenvalue weighted by Crippen LogP contribution is -2.27. The van der Waals surface area contributed by atoms with E-state index >= 15 is 0 Å². The number of nitrogens with one attached hydrogen (secondary N) is 1. The zero-order valence-corrected chi connectivity index (χ0v) is 15.7. The van der Waals surface area contributed by atoms with Gasteiger partial charge in [-0.2, -0.15) is 0 Å². The Labute approximate surface area is 157 Å². The molecule has 1 heterocycles. The Hall–Kier alpha value is -2.59. The van der Waals surface area contributed by atoms with Gasteiger partial charge in [-0.25, -0.2) is 0 Å². The number of amides is 1. The van der Waals surface area contributed by atoms with Gasteiger partial charge in [0.2, 0.25) is 5.91 Å². The number of phenolic OH excluding ortho intramolecular Hbond substituents is 1. The van der Waals surface area contributed by atoms with Crippen LogP contribution in [0.25, 0.3) is 10.9 Å². The average molecular weight is 369 g/mol. The van der Waals surface area contributed by atoms with Crippen molar-refractivity contribution in [2.45, 2.75) is 32.7 Å². The number of aromatic hydroxyl groups is 1. The van der Waals surface area contributed by atoms with E-state index in [0.717, 1.165) is 5.56 Å². The summed E-state index contributed by atoms with van der Waals surface area (Å²) in [5.41, 5.74) is 3.02. The lowest BCUT2D eigenvalue weighted by molar-refractivity contribution is -0.119. The Morgan fingerprint density at radius 2 is 1.81 bits per heavy atom. The lowest BCUT2D eigenvalue weighted by atomic mass is 9.93. The van der Waals surface area contributed by atoms with E-state index in [1.54, 1.807) is 24.4 Å². The highest BCUT2D eigenvalue weighted by Gasteiger charge is 2.22. The molecule has 0 saturated heterocycles. The van der Waals surface area contributed by atoms with Gasteiger partial charge in [-0.15, -0.1) is 0 Å². The van der Waals surface area contributed by atoms with Crippen molar-refractivity contribution < 1.29 is 9.90 Å². The predicted octanol–water partition coefficient (Wildman–Crippen LogP) is 4.94. The topological polar surface area (TPSA) is 62.2 Å². The predicted molar refractivity (Wildman–Crippen MR) is 105 cm³/mol. The van der Waals surface area contributed by atoms with Gasteiger partial charge in [0.1, 0.15) is 11.3 Å². The van der Waals surface area contributed by atoms with Gasteiger partial charge in [0, 0.05) is 24.1 Å². The summed E-state index contributed by atoms with van der Waals surface area (Å²) in [6.45, 7) is 5.70. The molecule has 3 aromatic rings. The molecule has 0 spiro atoms. The molecular formula is C21H21ClN2O2. The van der Waals surface area contributed by atoms with Crippen LogP contribution < -0.4 is 5.32 Å². The number of halogens is 1. The number of fused-ring (bicyclic) bond motifs is 1. The Kier molecular flexibility index (Phi) is 5.14. The third-order valence-corrected chi connectivity index (χ3v) is 4.75. The summed E-state index contributed by atoms with van der Waals surface area (Å²) in [4.78, 5) is 16.0. The molecular weight excluding hydrogens is 348 g/mol. The lowest BCUT2D eigenvalue weighted by Gasteiger charge is -2.22. The Bertz CT molecular complexity index is 952. The number of hydrogen-bond acceptors (Lipinski definition) is 3. The summed E-state index contributed by atoms with van der Waals surface area (Å²) in [6.07, 6.45) is 1.60. The third kappa shape index (κ3) is 3.51. The van der Waals surface area contributed by atoms with Crippen LogP contribution >= 0.6 is 11.6 Å². The van der Waals surface area contributed by atoms with Gasteiger partial charge in [-0.1, -0.05) is 49.7 Å². The van der Waals surface area contributed by atoms with Gasteiger partial charge < -0.3 is 10.4 Å². The summed E-state index contributed by atoms with van der Waals surface area (Å²) in [5.74, 6) is 0.243. The maximum Gasteiger partial charge on any atom is 0.217 e. The molecule has 0 aliphatic heterocycles. The molecule has 0 aliphatic rings. The molecule has 3 rings (SSSR count). The van der Waals surface area contributed by atoms with Crippen LogP contribution in [0.4, 0.5) is 0 Å². The smallest absolute Gasteiger partial charge is 0.217 e. The standard InChI is InChI=1S/C21H21ClN2O2/c1-12(2)14-6-8-15(9-7-14)19(24-13(3)25)17-11-18(22)16-5-4-10-23-20(16)21(17)26/h4-12,19,26H,1-3H3,(H,24,25)/t19-/m0/s1. The van der Waals surface area contributed by atoms with Crippen molar-refractivity contribution in [3.05, 3.63) is 70.4 Å². The second kappa shape index (κ2) is 7.34. The Balaban J connectivity index is 2.15. The van der Waals surface area contributed by atoms with E-state index in [9.17, 15) is 9.90 Å². The number of aromatic nitrogens is 1. The van der Waals surface area contributed by atoms with Crippen molar-refractivity contribution in [2.24, 2.45) is 0 Å². The van der Waals surface area contributed by atoms with Crippen molar-refractivity contribution in [3.63, 3.8) is 0 Å². The van der Waals surface area contributed by atoms with E-state index in [-0.39, 0.29) is 11.7 Å². The molecule has 1 amide bonds. The summed E-state index contributed by atoms with van der Waals surface area (Å²) in [5, 5.41) is 14.9. The number of nitrogens with zero attached hydrogens (tertiary/aromatic N) is 1. The summed E-state index contributed by atoms with van der Waals surface area (Å²) in [7, 11) is 0. The van der Waals surface area contributed by atoms with E-state index in [1.165, 1.54) is 12.5 Å². The van der Waals surface area contributed by atoms with Crippen molar-refractivity contribution in [2.75, 3.05) is 0 Å². The van der Waals surface area contributed by atoms with Gasteiger partial charge in [0.15, 0.2) is 0 Å². The van der Waals surface area contributed by atoms with Gasteiger partial charge in [0.05, 0.1) is 11.1 Å². The third-order valence-electron chi connectivity index (χ3n) is 4.44.